The van der Waals surface area contributed by atoms with Gasteiger partial charge < -0.3 is 10.4 Å². The Kier molecular flexibility index (Phi) is 5.11. The van der Waals surface area contributed by atoms with Gasteiger partial charge in [0.2, 0.25) is 10.0 Å². The molecule has 1 aromatic carbocycles. The van der Waals surface area contributed by atoms with Crippen molar-refractivity contribution in [1.82, 2.24) is 10.0 Å². The van der Waals surface area contributed by atoms with Crippen molar-refractivity contribution >= 4 is 16.1 Å². The zero-order valence-electron chi connectivity index (χ0n) is 10.0. The molecule has 7 heteroatoms. The highest BCUT2D eigenvalue weighted by atomic mass is 32.2. The summed E-state index contributed by atoms with van der Waals surface area (Å²) in [7, 11) is -3.50. The third-order valence-electron chi connectivity index (χ3n) is 2.25. The monoisotopic (exact) mass is 272 g/mol. The molecule has 0 saturated carbocycles. The van der Waals surface area contributed by atoms with Crippen molar-refractivity contribution in [2.45, 2.75) is 18.2 Å². The number of carbonyl (C=O) groups is 1. The molecule has 6 nitrogen and oxygen atoms in total. The van der Waals surface area contributed by atoms with Gasteiger partial charge in [-0.1, -0.05) is 17.7 Å². The molecule has 0 aliphatic rings. The molecule has 0 aromatic heterocycles. The fourth-order valence-electron chi connectivity index (χ4n) is 1.29. The van der Waals surface area contributed by atoms with E-state index in [0.717, 1.165) is 5.56 Å². The Hall–Kier alpha value is -1.60. The molecule has 0 aliphatic heterocycles. The number of sulfonamides is 1. The van der Waals surface area contributed by atoms with Crippen LogP contribution in [0.4, 0.5) is 4.79 Å². The van der Waals surface area contributed by atoms with Crippen molar-refractivity contribution in [1.29, 1.82) is 0 Å². The highest BCUT2D eigenvalue weighted by molar-refractivity contribution is 7.89. The molecule has 1 rings (SSSR count). The predicted molar refractivity (Wildman–Crippen MR) is 67.0 cm³/mol. The third-order valence-corrected chi connectivity index (χ3v) is 3.73. The maximum atomic E-state index is 11.8. The number of amides is 1. The first-order valence-corrected chi connectivity index (χ1v) is 6.93. The van der Waals surface area contributed by atoms with Crippen LogP contribution < -0.4 is 10.0 Å². The molecule has 0 bridgehead atoms. The molecule has 0 radical (unpaired) electrons. The fraction of sp³-hybridized carbons (Fsp3) is 0.364. The third kappa shape index (κ3) is 4.72. The molecule has 18 heavy (non-hydrogen) atoms. The van der Waals surface area contributed by atoms with Crippen molar-refractivity contribution in [2.24, 2.45) is 0 Å². The van der Waals surface area contributed by atoms with Crippen LogP contribution in [-0.2, 0) is 10.0 Å². The van der Waals surface area contributed by atoms with Gasteiger partial charge in [-0.15, -0.1) is 0 Å². The molecule has 0 spiro atoms. The lowest BCUT2D eigenvalue weighted by atomic mass is 10.2. The second-order valence-corrected chi connectivity index (χ2v) is 5.56. The Morgan fingerprint density at radius 3 is 2.39 bits per heavy atom. The van der Waals surface area contributed by atoms with Gasteiger partial charge in [-0.05, 0) is 25.5 Å². The molecule has 0 atom stereocenters. The van der Waals surface area contributed by atoms with Gasteiger partial charge >= 0.3 is 6.09 Å². The molecule has 0 aliphatic carbocycles. The van der Waals surface area contributed by atoms with Crippen LogP contribution in [0.3, 0.4) is 0 Å². The summed E-state index contributed by atoms with van der Waals surface area (Å²) < 4.78 is 26.0. The minimum atomic E-state index is -3.50. The molecule has 0 unspecified atom stereocenters. The lowest BCUT2D eigenvalue weighted by Gasteiger charge is -2.07. The Labute approximate surface area is 106 Å². The Bertz CT molecular complexity index is 496. The van der Waals surface area contributed by atoms with Crippen molar-refractivity contribution in [3.05, 3.63) is 29.8 Å². The molecule has 1 aromatic rings. The second-order valence-electron chi connectivity index (χ2n) is 3.80. The normalized spacial score (nSPS) is 11.2. The van der Waals surface area contributed by atoms with E-state index in [0.29, 0.717) is 6.42 Å². The highest BCUT2D eigenvalue weighted by Crippen LogP contribution is 2.09. The van der Waals surface area contributed by atoms with Crippen molar-refractivity contribution in [3.63, 3.8) is 0 Å². The summed E-state index contributed by atoms with van der Waals surface area (Å²) in [6.07, 6.45) is -0.714. The summed E-state index contributed by atoms with van der Waals surface area (Å²) in [5.74, 6) is 0. The van der Waals surface area contributed by atoms with Gasteiger partial charge in [-0.25, -0.2) is 17.9 Å². The summed E-state index contributed by atoms with van der Waals surface area (Å²) in [4.78, 5) is 10.4. The minimum Gasteiger partial charge on any atom is -0.465 e. The quantitative estimate of drug-likeness (QED) is 0.671. The first-order valence-electron chi connectivity index (χ1n) is 5.45. The van der Waals surface area contributed by atoms with E-state index >= 15 is 0 Å². The molecular formula is C11H16N2O4S. The van der Waals surface area contributed by atoms with Crippen LogP contribution in [0.15, 0.2) is 29.2 Å². The van der Waals surface area contributed by atoms with Crippen LogP contribution in [0.25, 0.3) is 0 Å². The number of carboxylic acid groups (broad SMARTS) is 1. The van der Waals surface area contributed by atoms with E-state index in [1.807, 2.05) is 6.92 Å². The maximum Gasteiger partial charge on any atom is 0.404 e. The average molecular weight is 272 g/mol. The molecule has 0 heterocycles. The molecule has 3 N–H and O–H groups in total. The van der Waals surface area contributed by atoms with Gasteiger partial charge in [0.25, 0.3) is 0 Å². The van der Waals surface area contributed by atoms with Crippen molar-refractivity contribution < 1.29 is 18.3 Å². The van der Waals surface area contributed by atoms with E-state index < -0.39 is 16.1 Å². The van der Waals surface area contributed by atoms with E-state index in [2.05, 4.69) is 10.0 Å². The Morgan fingerprint density at radius 2 is 1.83 bits per heavy atom. The highest BCUT2D eigenvalue weighted by Gasteiger charge is 2.12. The fourth-order valence-corrected chi connectivity index (χ4v) is 2.37. The van der Waals surface area contributed by atoms with Gasteiger partial charge in [0.05, 0.1) is 4.90 Å². The van der Waals surface area contributed by atoms with Gasteiger partial charge in [-0.3, -0.25) is 0 Å². The molecule has 0 fully saturated rings. The lowest BCUT2D eigenvalue weighted by Crippen LogP contribution is -2.29. The molecule has 0 saturated heterocycles. The SMILES string of the molecule is Cc1ccc(S(=O)(=O)NCCCNC(=O)O)cc1. The van der Waals surface area contributed by atoms with Crippen LogP contribution in [0.2, 0.25) is 0 Å². The van der Waals surface area contributed by atoms with E-state index in [1.54, 1.807) is 12.1 Å². The Morgan fingerprint density at radius 1 is 1.22 bits per heavy atom. The summed E-state index contributed by atoms with van der Waals surface area (Å²) in [6, 6.07) is 6.52. The number of nitrogens with one attached hydrogen (secondary N) is 2. The lowest BCUT2D eigenvalue weighted by molar-refractivity contribution is 0.194. The van der Waals surface area contributed by atoms with E-state index in [4.69, 9.17) is 5.11 Å². The summed E-state index contributed by atoms with van der Waals surface area (Å²) in [5, 5.41) is 10.5. The minimum absolute atomic E-state index is 0.191. The first-order chi connectivity index (χ1) is 8.42. The van der Waals surface area contributed by atoms with E-state index in [9.17, 15) is 13.2 Å². The molecular weight excluding hydrogens is 256 g/mol. The average Bonchev–Trinajstić information content (AvgIpc) is 2.28. The number of hydrogen-bond donors (Lipinski definition) is 3. The maximum absolute atomic E-state index is 11.8. The van der Waals surface area contributed by atoms with Crippen LogP contribution >= 0.6 is 0 Å². The Balaban J connectivity index is 2.45. The van der Waals surface area contributed by atoms with Crippen LogP contribution in [0.1, 0.15) is 12.0 Å². The summed E-state index contributed by atoms with van der Waals surface area (Å²) >= 11 is 0. The van der Waals surface area contributed by atoms with Gasteiger partial charge in [0.1, 0.15) is 0 Å². The topological polar surface area (TPSA) is 95.5 Å². The van der Waals surface area contributed by atoms with Crippen molar-refractivity contribution in [2.75, 3.05) is 13.1 Å². The van der Waals surface area contributed by atoms with Crippen LogP contribution in [-0.4, -0.2) is 32.7 Å². The van der Waals surface area contributed by atoms with E-state index in [-0.39, 0.29) is 18.0 Å². The van der Waals surface area contributed by atoms with Gasteiger partial charge in [-0.2, -0.15) is 0 Å². The standard InChI is InChI=1S/C11H16N2O4S/c1-9-3-5-10(6-4-9)18(16,17)13-8-2-7-12-11(14)15/h3-6,12-13H,2,7-8H2,1H3,(H,14,15). The number of rotatable bonds is 6. The summed E-state index contributed by atoms with van der Waals surface area (Å²) in [6.45, 7) is 2.28. The largest absolute Gasteiger partial charge is 0.465 e. The van der Waals surface area contributed by atoms with Gasteiger partial charge in [0, 0.05) is 13.1 Å². The number of benzene rings is 1. The van der Waals surface area contributed by atoms with Crippen LogP contribution in [0.5, 0.6) is 0 Å². The zero-order valence-corrected chi connectivity index (χ0v) is 10.8. The number of aryl methyl sites for hydroxylation is 1. The van der Waals surface area contributed by atoms with Crippen LogP contribution in [0, 0.1) is 6.92 Å². The molecule has 100 valence electrons. The second kappa shape index (κ2) is 6.36. The summed E-state index contributed by atoms with van der Waals surface area (Å²) in [5.41, 5.74) is 0.986. The van der Waals surface area contributed by atoms with E-state index in [1.165, 1.54) is 12.1 Å². The van der Waals surface area contributed by atoms with Gasteiger partial charge in [0.15, 0.2) is 0 Å². The smallest absolute Gasteiger partial charge is 0.404 e. The zero-order chi connectivity index (χ0) is 13.6. The number of hydrogen-bond acceptors (Lipinski definition) is 3. The van der Waals surface area contributed by atoms with Crippen molar-refractivity contribution in [3.8, 4) is 0 Å². The molecule has 1 amide bonds. The predicted octanol–water partition coefficient (Wildman–Crippen LogP) is 0.931. The first kappa shape index (κ1) is 14.5.